The van der Waals surface area contributed by atoms with Crippen LogP contribution >= 0.6 is 0 Å². The Morgan fingerprint density at radius 2 is 2.19 bits per heavy atom. The normalized spacial score (nSPS) is 15.8. The van der Waals surface area contributed by atoms with Gasteiger partial charge in [0.1, 0.15) is 0 Å². The fraction of sp³-hybridized carbons (Fsp3) is 0.818. The summed E-state index contributed by atoms with van der Waals surface area (Å²) in [7, 11) is 2.01. The Balaban J connectivity index is 1.82. The Hall–Kier alpha value is -1.10. The summed E-state index contributed by atoms with van der Waals surface area (Å²) in [6.45, 7) is 5.97. The van der Waals surface area contributed by atoms with Gasteiger partial charge in [-0.3, -0.25) is 0 Å². The third-order valence-corrected chi connectivity index (χ3v) is 2.68. The van der Waals surface area contributed by atoms with Crippen molar-refractivity contribution >= 4 is 6.01 Å². The number of anilines is 1. The molecule has 0 saturated heterocycles. The van der Waals surface area contributed by atoms with Crippen LogP contribution in [0.25, 0.3) is 0 Å². The van der Waals surface area contributed by atoms with Gasteiger partial charge >= 0.3 is 6.01 Å². The first kappa shape index (κ1) is 11.4. The zero-order chi connectivity index (χ0) is 11.5. The van der Waals surface area contributed by atoms with Crippen molar-refractivity contribution in [2.75, 3.05) is 18.5 Å². The van der Waals surface area contributed by atoms with E-state index >= 15 is 0 Å². The minimum absolute atomic E-state index is 0.608. The lowest BCUT2D eigenvalue weighted by molar-refractivity contribution is 0.450. The predicted molar refractivity (Wildman–Crippen MR) is 62.3 cm³/mol. The molecule has 0 radical (unpaired) electrons. The summed E-state index contributed by atoms with van der Waals surface area (Å²) in [4.78, 5) is 2.07. The van der Waals surface area contributed by atoms with Crippen molar-refractivity contribution in [3.8, 4) is 0 Å². The second-order valence-electron chi connectivity index (χ2n) is 4.85. The second-order valence-corrected chi connectivity index (χ2v) is 4.85. The first-order valence-corrected chi connectivity index (χ1v) is 5.92. The van der Waals surface area contributed by atoms with Crippen LogP contribution in [0.4, 0.5) is 6.01 Å². The number of rotatable bonds is 6. The summed E-state index contributed by atoms with van der Waals surface area (Å²) in [5.74, 6) is 1.31. The highest BCUT2D eigenvalue weighted by atomic mass is 16.4. The fourth-order valence-corrected chi connectivity index (χ4v) is 1.54. The maximum absolute atomic E-state index is 5.57. The Morgan fingerprint density at radius 1 is 1.44 bits per heavy atom. The van der Waals surface area contributed by atoms with Gasteiger partial charge in [-0.15, -0.1) is 5.10 Å². The summed E-state index contributed by atoms with van der Waals surface area (Å²) >= 11 is 0. The van der Waals surface area contributed by atoms with Crippen molar-refractivity contribution in [1.82, 2.24) is 15.5 Å². The molecule has 0 spiro atoms. The number of hydrogen-bond donors (Lipinski definition) is 1. The molecule has 1 N–H and O–H groups in total. The first-order valence-electron chi connectivity index (χ1n) is 5.92. The Kier molecular flexibility index (Phi) is 3.43. The summed E-state index contributed by atoms with van der Waals surface area (Å²) in [5.41, 5.74) is 0. The minimum atomic E-state index is 0.608. The molecular formula is C11H20N4O. The highest BCUT2D eigenvalue weighted by Crippen LogP contribution is 2.29. The topological polar surface area (TPSA) is 54.2 Å². The van der Waals surface area contributed by atoms with Gasteiger partial charge in [0, 0.05) is 13.1 Å². The lowest BCUT2D eigenvalue weighted by Crippen LogP contribution is -2.20. The monoisotopic (exact) mass is 224 g/mol. The van der Waals surface area contributed by atoms with Crippen molar-refractivity contribution in [3.05, 3.63) is 5.89 Å². The molecule has 1 aromatic rings. The largest absolute Gasteiger partial charge is 0.407 e. The molecule has 16 heavy (non-hydrogen) atoms. The van der Waals surface area contributed by atoms with E-state index in [4.69, 9.17) is 4.42 Å². The van der Waals surface area contributed by atoms with Gasteiger partial charge in [-0.05, 0) is 25.3 Å². The summed E-state index contributed by atoms with van der Waals surface area (Å²) in [6, 6.07) is 1.25. The van der Waals surface area contributed by atoms with Crippen LogP contribution < -0.4 is 10.2 Å². The lowest BCUT2D eigenvalue weighted by Gasteiger charge is -2.11. The average Bonchev–Trinajstić information content (AvgIpc) is 2.97. The number of hydrogen-bond acceptors (Lipinski definition) is 5. The minimum Gasteiger partial charge on any atom is -0.407 e. The predicted octanol–water partition coefficient (Wildman–Crippen LogP) is 1.41. The van der Waals surface area contributed by atoms with Crippen molar-refractivity contribution in [2.24, 2.45) is 5.92 Å². The van der Waals surface area contributed by atoms with Gasteiger partial charge in [0.2, 0.25) is 5.89 Å². The van der Waals surface area contributed by atoms with E-state index in [0.29, 0.717) is 30.4 Å². The second kappa shape index (κ2) is 4.82. The molecule has 0 unspecified atom stereocenters. The van der Waals surface area contributed by atoms with E-state index in [1.807, 2.05) is 7.05 Å². The van der Waals surface area contributed by atoms with E-state index in [1.165, 1.54) is 12.8 Å². The Bertz CT molecular complexity index is 332. The van der Waals surface area contributed by atoms with Gasteiger partial charge in [0.05, 0.1) is 6.54 Å². The molecule has 0 aliphatic heterocycles. The van der Waals surface area contributed by atoms with E-state index in [1.54, 1.807) is 0 Å². The van der Waals surface area contributed by atoms with Gasteiger partial charge in [-0.1, -0.05) is 18.9 Å². The standard InChI is InChI=1S/C11H20N4O/c1-8(2)6-12-7-10-13-14-11(16-10)15(3)9-4-5-9/h8-9,12H,4-7H2,1-3H3. The number of nitrogens with one attached hydrogen (secondary N) is 1. The highest BCUT2D eigenvalue weighted by molar-refractivity contribution is 5.27. The SMILES string of the molecule is CC(C)CNCc1nnc(N(C)C2CC2)o1. The zero-order valence-electron chi connectivity index (χ0n) is 10.2. The quantitative estimate of drug-likeness (QED) is 0.792. The molecule has 1 heterocycles. The summed E-state index contributed by atoms with van der Waals surface area (Å²) in [5, 5.41) is 11.4. The van der Waals surface area contributed by atoms with E-state index in [2.05, 4.69) is 34.3 Å². The maximum Gasteiger partial charge on any atom is 0.318 e. The third kappa shape index (κ3) is 2.95. The molecule has 0 amide bonds. The van der Waals surface area contributed by atoms with Gasteiger partial charge in [-0.2, -0.15) is 0 Å². The van der Waals surface area contributed by atoms with Crippen LogP contribution in [-0.2, 0) is 6.54 Å². The van der Waals surface area contributed by atoms with Crippen LogP contribution in [0, 0.1) is 5.92 Å². The zero-order valence-corrected chi connectivity index (χ0v) is 10.2. The van der Waals surface area contributed by atoms with Crippen LogP contribution in [0.1, 0.15) is 32.6 Å². The molecule has 1 saturated carbocycles. The van der Waals surface area contributed by atoms with Gasteiger partial charge < -0.3 is 14.6 Å². The Morgan fingerprint density at radius 3 is 2.81 bits per heavy atom. The van der Waals surface area contributed by atoms with Crippen LogP contribution in [0.15, 0.2) is 4.42 Å². The van der Waals surface area contributed by atoms with E-state index < -0.39 is 0 Å². The molecule has 1 aliphatic rings. The molecule has 1 aromatic heterocycles. The fourth-order valence-electron chi connectivity index (χ4n) is 1.54. The smallest absolute Gasteiger partial charge is 0.318 e. The molecule has 90 valence electrons. The average molecular weight is 224 g/mol. The molecular weight excluding hydrogens is 204 g/mol. The van der Waals surface area contributed by atoms with E-state index in [9.17, 15) is 0 Å². The van der Waals surface area contributed by atoms with E-state index in [0.717, 1.165) is 6.54 Å². The molecule has 0 bridgehead atoms. The van der Waals surface area contributed by atoms with Gasteiger partial charge in [0.15, 0.2) is 0 Å². The molecule has 1 aliphatic carbocycles. The van der Waals surface area contributed by atoms with Crippen LogP contribution in [0.5, 0.6) is 0 Å². The van der Waals surface area contributed by atoms with Gasteiger partial charge in [-0.25, -0.2) is 0 Å². The number of aromatic nitrogens is 2. The van der Waals surface area contributed by atoms with Crippen molar-refractivity contribution in [2.45, 2.75) is 39.3 Å². The van der Waals surface area contributed by atoms with Crippen LogP contribution in [0.3, 0.4) is 0 Å². The van der Waals surface area contributed by atoms with Crippen molar-refractivity contribution in [1.29, 1.82) is 0 Å². The first-order chi connectivity index (χ1) is 7.66. The number of nitrogens with zero attached hydrogens (tertiary/aromatic N) is 3. The van der Waals surface area contributed by atoms with Crippen LogP contribution in [-0.4, -0.2) is 29.8 Å². The molecule has 1 fully saturated rings. The summed E-state index contributed by atoms with van der Waals surface area (Å²) in [6.07, 6.45) is 2.47. The van der Waals surface area contributed by atoms with Crippen molar-refractivity contribution < 1.29 is 4.42 Å². The molecule has 5 nitrogen and oxygen atoms in total. The maximum atomic E-state index is 5.57. The van der Waals surface area contributed by atoms with E-state index in [-0.39, 0.29) is 0 Å². The highest BCUT2D eigenvalue weighted by Gasteiger charge is 2.29. The van der Waals surface area contributed by atoms with Crippen LogP contribution in [0.2, 0.25) is 0 Å². The molecule has 0 aromatic carbocycles. The van der Waals surface area contributed by atoms with Crippen molar-refractivity contribution in [3.63, 3.8) is 0 Å². The molecule has 5 heteroatoms. The third-order valence-electron chi connectivity index (χ3n) is 2.68. The lowest BCUT2D eigenvalue weighted by atomic mass is 10.2. The molecule has 0 atom stereocenters. The Labute approximate surface area is 96.2 Å². The molecule has 2 rings (SSSR count). The van der Waals surface area contributed by atoms with Gasteiger partial charge in [0.25, 0.3) is 0 Å². The summed E-state index contributed by atoms with van der Waals surface area (Å²) < 4.78 is 5.57.